The minimum atomic E-state index is 0.0520. The number of pyridine rings is 1. The van der Waals surface area contributed by atoms with E-state index in [4.69, 9.17) is 4.74 Å². The molecule has 0 unspecified atom stereocenters. The highest BCUT2D eigenvalue weighted by molar-refractivity contribution is 5.36. The summed E-state index contributed by atoms with van der Waals surface area (Å²) in [5.41, 5.74) is 2.02. The second-order valence-electron chi connectivity index (χ2n) is 5.99. The summed E-state index contributed by atoms with van der Waals surface area (Å²) < 4.78 is 7.63. The van der Waals surface area contributed by atoms with Crippen molar-refractivity contribution in [2.45, 2.75) is 39.8 Å². The van der Waals surface area contributed by atoms with Gasteiger partial charge in [-0.2, -0.15) is 5.10 Å². The van der Waals surface area contributed by atoms with Gasteiger partial charge in [-0.05, 0) is 27.7 Å². The summed E-state index contributed by atoms with van der Waals surface area (Å²) in [6.07, 6.45) is 5.41. The van der Waals surface area contributed by atoms with Gasteiger partial charge < -0.3 is 10.1 Å². The molecule has 1 N–H and O–H groups in total. The smallest absolute Gasteiger partial charge is 0.165 e. The molecule has 108 valence electrons. The minimum Gasteiger partial charge on any atom is -0.454 e. The Morgan fingerprint density at radius 1 is 1.30 bits per heavy atom. The Kier molecular flexibility index (Phi) is 4.09. The third-order valence-corrected chi connectivity index (χ3v) is 2.80. The Morgan fingerprint density at radius 3 is 2.65 bits per heavy atom. The Bertz CT molecular complexity index is 584. The van der Waals surface area contributed by atoms with E-state index in [0.29, 0.717) is 6.54 Å². The number of rotatable bonds is 4. The summed E-state index contributed by atoms with van der Waals surface area (Å²) in [5, 5.41) is 7.56. The van der Waals surface area contributed by atoms with Crippen molar-refractivity contribution in [3.05, 3.63) is 35.9 Å². The molecule has 0 atom stereocenters. The molecule has 2 aromatic rings. The molecule has 0 spiro atoms. The molecule has 2 aromatic heterocycles. The van der Waals surface area contributed by atoms with E-state index in [1.165, 1.54) is 0 Å². The Labute approximate surface area is 120 Å². The molecule has 5 nitrogen and oxygen atoms in total. The maximum atomic E-state index is 5.91. The van der Waals surface area contributed by atoms with Crippen molar-refractivity contribution in [3.8, 4) is 11.5 Å². The summed E-state index contributed by atoms with van der Waals surface area (Å²) >= 11 is 0. The summed E-state index contributed by atoms with van der Waals surface area (Å²) in [6.45, 7) is 9.08. The van der Waals surface area contributed by atoms with Gasteiger partial charge in [0, 0.05) is 42.7 Å². The largest absolute Gasteiger partial charge is 0.454 e. The molecule has 2 heterocycles. The maximum absolute atomic E-state index is 5.91. The van der Waals surface area contributed by atoms with Crippen LogP contribution in [0.3, 0.4) is 0 Å². The van der Waals surface area contributed by atoms with Crippen LogP contribution < -0.4 is 10.1 Å². The lowest BCUT2D eigenvalue weighted by Crippen LogP contribution is -2.35. The fourth-order valence-corrected chi connectivity index (χ4v) is 1.73. The van der Waals surface area contributed by atoms with Gasteiger partial charge in [0.15, 0.2) is 5.75 Å². The molecule has 0 aromatic carbocycles. The number of hydrogen-bond acceptors (Lipinski definition) is 4. The van der Waals surface area contributed by atoms with Crippen molar-refractivity contribution in [2.75, 3.05) is 0 Å². The van der Waals surface area contributed by atoms with Gasteiger partial charge in [-0.25, -0.2) is 0 Å². The van der Waals surface area contributed by atoms with Crippen molar-refractivity contribution in [1.29, 1.82) is 0 Å². The van der Waals surface area contributed by atoms with Crippen LogP contribution in [0.1, 0.15) is 32.0 Å². The van der Waals surface area contributed by atoms with Crippen LogP contribution in [0.25, 0.3) is 0 Å². The Balaban J connectivity index is 2.19. The van der Waals surface area contributed by atoms with Gasteiger partial charge in [0.2, 0.25) is 0 Å². The standard InChI is InChI=1S/C15H22N4O/c1-11-6-14(20-13-9-18-19(5)10-13)12(7-16-11)8-17-15(2,3)4/h6-7,9-10,17H,8H2,1-5H3. The molecule has 0 bridgehead atoms. The van der Waals surface area contributed by atoms with Crippen LogP contribution in [0, 0.1) is 6.92 Å². The summed E-state index contributed by atoms with van der Waals surface area (Å²) in [7, 11) is 1.87. The van der Waals surface area contributed by atoms with Crippen LogP contribution in [0.2, 0.25) is 0 Å². The number of nitrogens with zero attached hydrogens (tertiary/aromatic N) is 3. The topological polar surface area (TPSA) is 52.0 Å². The quantitative estimate of drug-likeness (QED) is 0.931. The molecular formula is C15H22N4O. The van der Waals surface area contributed by atoms with E-state index in [2.05, 4.69) is 36.2 Å². The zero-order chi connectivity index (χ0) is 14.8. The highest BCUT2D eigenvalue weighted by Crippen LogP contribution is 2.25. The first-order valence-corrected chi connectivity index (χ1v) is 6.70. The molecule has 2 rings (SSSR count). The van der Waals surface area contributed by atoms with Crippen LogP contribution in [0.4, 0.5) is 0 Å². The average molecular weight is 274 g/mol. The van der Waals surface area contributed by atoms with Gasteiger partial charge in [0.05, 0.1) is 12.4 Å². The second-order valence-corrected chi connectivity index (χ2v) is 5.99. The third-order valence-electron chi connectivity index (χ3n) is 2.80. The first kappa shape index (κ1) is 14.5. The molecule has 0 saturated carbocycles. The average Bonchev–Trinajstić information content (AvgIpc) is 2.72. The summed E-state index contributed by atoms with van der Waals surface area (Å²) in [6, 6.07) is 1.95. The van der Waals surface area contributed by atoms with E-state index in [1.54, 1.807) is 10.9 Å². The second kappa shape index (κ2) is 5.63. The summed E-state index contributed by atoms with van der Waals surface area (Å²) in [5.74, 6) is 1.55. The van der Waals surface area contributed by atoms with E-state index in [1.807, 2.05) is 32.4 Å². The zero-order valence-corrected chi connectivity index (χ0v) is 12.8. The third kappa shape index (κ3) is 4.06. The minimum absolute atomic E-state index is 0.0520. The fraction of sp³-hybridized carbons (Fsp3) is 0.467. The molecule has 5 heteroatoms. The Morgan fingerprint density at radius 2 is 2.05 bits per heavy atom. The van der Waals surface area contributed by atoms with Gasteiger partial charge >= 0.3 is 0 Å². The molecule has 20 heavy (non-hydrogen) atoms. The molecular weight excluding hydrogens is 252 g/mol. The predicted octanol–water partition coefficient (Wildman–Crippen LogP) is 2.80. The van der Waals surface area contributed by atoms with Crippen molar-refractivity contribution in [1.82, 2.24) is 20.1 Å². The zero-order valence-electron chi connectivity index (χ0n) is 12.8. The van der Waals surface area contributed by atoms with E-state index in [-0.39, 0.29) is 5.54 Å². The van der Waals surface area contributed by atoms with Gasteiger partial charge in [-0.15, -0.1) is 0 Å². The number of aromatic nitrogens is 3. The van der Waals surface area contributed by atoms with Gasteiger partial charge in [-0.1, -0.05) is 0 Å². The van der Waals surface area contributed by atoms with E-state index in [9.17, 15) is 0 Å². The molecule has 0 fully saturated rings. The highest BCUT2D eigenvalue weighted by atomic mass is 16.5. The van der Waals surface area contributed by atoms with Gasteiger partial charge in [0.25, 0.3) is 0 Å². The van der Waals surface area contributed by atoms with Crippen LogP contribution in [-0.2, 0) is 13.6 Å². The van der Waals surface area contributed by atoms with Gasteiger partial charge in [-0.3, -0.25) is 9.67 Å². The molecule has 0 aliphatic heterocycles. The van der Waals surface area contributed by atoms with E-state index >= 15 is 0 Å². The first-order valence-electron chi connectivity index (χ1n) is 6.70. The van der Waals surface area contributed by atoms with Gasteiger partial charge in [0.1, 0.15) is 5.75 Å². The number of ether oxygens (including phenoxy) is 1. The number of aryl methyl sites for hydroxylation is 2. The lowest BCUT2D eigenvalue weighted by atomic mass is 10.1. The predicted molar refractivity (Wildman–Crippen MR) is 78.8 cm³/mol. The molecule has 0 saturated heterocycles. The number of hydrogen-bond donors (Lipinski definition) is 1. The maximum Gasteiger partial charge on any atom is 0.165 e. The molecule has 0 aliphatic rings. The first-order chi connectivity index (χ1) is 9.33. The molecule has 0 radical (unpaired) electrons. The van der Waals surface area contributed by atoms with Crippen LogP contribution in [0.5, 0.6) is 11.5 Å². The van der Waals surface area contributed by atoms with Crippen molar-refractivity contribution in [3.63, 3.8) is 0 Å². The fourth-order valence-electron chi connectivity index (χ4n) is 1.73. The monoisotopic (exact) mass is 274 g/mol. The molecule has 0 amide bonds. The highest BCUT2D eigenvalue weighted by Gasteiger charge is 2.12. The Hall–Kier alpha value is -1.88. The lowest BCUT2D eigenvalue weighted by molar-refractivity contribution is 0.413. The normalized spacial score (nSPS) is 11.7. The van der Waals surface area contributed by atoms with Crippen LogP contribution in [-0.4, -0.2) is 20.3 Å². The summed E-state index contributed by atoms with van der Waals surface area (Å²) in [4.78, 5) is 4.35. The molecule has 0 aliphatic carbocycles. The van der Waals surface area contributed by atoms with Crippen LogP contribution >= 0.6 is 0 Å². The van der Waals surface area contributed by atoms with Crippen molar-refractivity contribution >= 4 is 0 Å². The van der Waals surface area contributed by atoms with Crippen LogP contribution in [0.15, 0.2) is 24.7 Å². The lowest BCUT2D eigenvalue weighted by Gasteiger charge is -2.21. The number of nitrogens with one attached hydrogen (secondary N) is 1. The van der Waals surface area contributed by atoms with E-state index in [0.717, 1.165) is 22.8 Å². The van der Waals surface area contributed by atoms with E-state index < -0.39 is 0 Å². The van der Waals surface area contributed by atoms with Crippen molar-refractivity contribution < 1.29 is 4.74 Å². The van der Waals surface area contributed by atoms with Crippen molar-refractivity contribution in [2.24, 2.45) is 7.05 Å². The SMILES string of the molecule is Cc1cc(Oc2cnn(C)c2)c(CNC(C)(C)C)cn1.